The van der Waals surface area contributed by atoms with Gasteiger partial charge in [0.05, 0.1) is 13.2 Å². The van der Waals surface area contributed by atoms with Crippen LogP contribution in [0, 0.1) is 18.8 Å². The molecule has 2 heterocycles. The molecule has 0 amide bonds. The Morgan fingerprint density at radius 2 is 2.16 bits per heavy atom. The molecule has 0 saturated carbocycles. The Kier molecular flexibility index (Phi) is 5.67. The SMILES string of the molecule is CCOC1C(C)CN(Cc2c(OC)cc(C)c3[nH]ccc23)CC1CO. The number of piperidine rings is 1. The predicted octanol–water partition coefficient (Wildman–Crippen LogP) is 2.95. The van der Waals surface area contributed by atoms with Gasteiger partial charge in [-0.05, 0) is 37.5 Å². The number of methoxy groups -OCH3 is 1. The lowest BCUT2D eigenvalue weighted by molar-refractivity contribution is -0.0781. The van der Waals surface area contributed by atoms with Gasteiger partial charge in [0.1, 0.15) is 5.75 Å². The minimum absolute atomic E-state index is 0.137. The van der Waals surface area contributed by atoms with E-state index in [9.17, 15) is 5.11 Å². The summed E-state index contributed by atoms with van der Waals surface area (Å²) in [5.41, 5.74) is 3.58. The Bertz CT molecular complexity index is 712. The number of aromatic amines is 1. The first-order valence-electron chi connectivity index (χ1n) is 9.17. The molecule has 1 aliphatic rings. The number of aromatic nitrogens is 1. The van der Waals surface area contributed by atoms with Crippen molar-refractivity contribution < 1.29 is 14.6 Å². The summed E-state index contributed by atoms with van der Waals surface area (Å²) in [6, 6.07) is 4.23. The van der Waals surface area contributed by atoms with Gasteiger partial charge in [-0.1, -0.05) is 6.92 Å². The topological polar surface area (TPSA) is 57.7 Å². The maximum absolute atomic E-state index is 9.83. The van der Waals surface area contributed by atoms with Crippen molar-refractivity contribution in [1.82, 2.24) is 9.88 Å². The average Bonchev–Trinajstić information content (AvgIpc) is 3.09. The minimum atomic E-state index is 0.137. The summed E-state index contributed by atoms with van der Waals surface area (Å²) < 4.78 is 11.6. The van der Waals surface area contributed by atoms with Crippen LogP contribution in [0.1, 0.15) is 25.0 Å². The number of benzene rings is 1. The van der Waals surface area contributed by atoms with Gasteiger partial charge in [-0.15, -0.1) is 0 Å². The molecular weight excluding hydrogens is 316 g/mol. The fourth-order valence-electron chi connectivity index (χ4n) is 4.27. The number of hydrogen-bond donors (Lipinski definition) is 2. The first-order valence-corrected chi connectivity index (χ1v) is 9.17. The third-order valence-electron chi connectivity index (χ3n) is 5.37. The lowest BCUT2D eigenvalue weighted by Crippen LogP contribution is -2.50. The van der Waals surface area contributed by atoms with E-state index in [1.165, 1.54) is 22.0 Å². The van der Waals surface area contributed by atoms with Crippen molar-refractivity contribution in [2.45, 2.75) is 33.4 Å². The van der Waals surface area contributed by atoms with E-state index < -0.39 is 0 Å². The molecule has 25 heavy (non-hydrogen) atoms. The maximum atomic E-state index is 9.83. The van der Waals surface area contributed by atoms with Crippen molar-refractivity contribution >= 4 is 10.9 Å². The molecule has 3 rings (SSSR count). The van der Waals surface area contributed by atoms with Gasteiger partial charge in [-0.3, -0.25) is 4.90 Å². The van der Waals surface area contributed by atoms with Crippen molar-refractivity contribution in [2.75, 3.05) is 33.4 Å². The van der Waals surface area contributed by atoms with Crippen molar-refractivity contribution in [3.05, 3.63) is 29.5 Å². The smallest absolute Gasteiger partial charge is 0.124 e. The van der Waals surface area contributed by atoms with E-state index in [4.69, 9.17) is 9.47 Å². The number of aliphatic hydroxyl groups is 1. The highest BCUT2D eigenvalue weighted by atomic mass is 16.5. The van der Waals surface area contributed by atoms with Gasteiger partial charge >= 0.3 is 0 Å². The van der Waals surface area contributed by atoms with Crippen molar-refractivity contribution in [3.8, 4) is 5.75 Å². The third kappa shape index (κ3) is 3.54. The molecule has 3 unspecified atom stereocenters. The Labute approximate surface area is 149 Å². The molecule has 1 saturated heterocycles. The molecule has 1 aromatic heterocycles. The Hall–Kier alpha value is -1.56. The molecular formula is C20H30N2O3. The molecule has 5 nitrogen and oxygen atoms in total. The second-order valence-corrected chi connectivity index (χ2v) is 7.17. The molecule has 0 aliphatic carbocycles. The molecule has 0 bridgehead atoms. The number of fused-ring (bicyclic) bond motifs is 1. The third-order valence-corrected chi connectivity index (χ3v) is 5.37. The van der Waals surface area contributed by atoms with Crippen LogP contribution in [0.5, 0.6) is 5.75 Å². The van der Waals surface area contributed by atoms with E-state index in [1.54, 1.807) is 7.11 Å². The number of hydrogen-bond acceptors (Lipinski definition) is 4. The largest absolute Gasteiger partial charge is 0.496 e. The van der Waals surface area contributed by atoms with Crippen LogP contribution in [0.4, 0.5) is 0 Å². The summed E-state index contributed by atoms with van der Waals surface area (Å²) in [5.74, 6) is 1.48. The minimum Gasteiger partial charge on any atom is -0.496 e. The molecule has 5 heteroatoms. The molecule has 138 valence electrons. The normalized spacial score (nSPS) is 24.8. The van der Waals surface area contributed by atoms with Gasteiger partial charge in [0.2, 0.25) is 0 Å². The van der Waals surface area contributed by atoms with E-state index in [0.29, 0.717) is 12.5 Å². The van der Waals surface area contributed by atoms with Gasteiger partial charge in [0, 0.05) is 61.4 Å². The Morgan fingerprint density at radius 1 is 1.36 bits per heavy atom. The second-order valence-electron chi connectivity index (χ2n) is 7.17. The summed E-state index contributed by atoms with van der Waals surface area (Å²) in [4.78, 5) is 5.75. The van der Waals surface area contributed by atoms with Gasteiger partial charge in [-0.25, -0.2) is 0 Å². The van der Waals surface area contributed by atoms with Gasteiger partial charge in [0.25, 0.3) is 0 Å². The number of rotatable bonds is 6. The highest BCUT2D eigenvalue weighted by Crippen LogP contribution is 2.33. The number of aryl methyl sites for hydroxylation is 1. The summed E-state index contributed by atoms with van der Waals surface area (Å²) >= 11 is 0. The first-order chi connectivity index (χ1) is 12.1. The summed E-state index contributed by atoms with van der Waals surface area (Å²) in [5, 5.41) is 11.0. The molecule has 1 aliphatic heterocycles. The number of H-pyrrole nitrogens is 1. The zero-order valence-corrected chi connectivity index (χ0v) is 15.7. The summed E-state index contributed by atoms with van der Waals surface area (Å²) in [6.45, 7) is 9.82. The predicted molar refractivity (Wildman–Crippen MR) is 100 cm³/mol. The van der Waals surface area contributed by atoms with Gasteiger partial charge in [0.15, 0.2) is 0 Å². The first kappa shape index (κ1) is 18.2. The van der Waals surface area contributed by atoms with E-state index in [1.807, 2.05) is 13.1 Å². The number of aliphatic hydroxyl groups excluding tert-OH is 1. The van der Waals surface area contributed by atoms with Crippen LogP contribution in [-0.4, -0.2) is 54.5 Å². The van der Waals surface area contributed by atoms with Crippen LogP contribution in [-0.2, 0) is 11.3 Å². The quantitative estimate of drug-likeness (QED) is 0.844. The number of likely N-dealkylation sites (tertiary alicyclic amines) is 1. The van der Waals surface area contributed by atoms with Crippen molar-refractivity contribution in [3.63, 3.8) is 0 Å². The van der Waals surface area contributed by atoms with E-state index in [2.05, 4.69) is 35.9 Å². The fraction of sp³-hybridized carbons (Fsp3) is 0.600. The van der Waals surface area contributed by atoms with E-state index in [0.717, 1.165) is 25.4 Å². The van der Waals surface area contributed by atoms with E-state index in [-0.39, 0.29) is 18.6 Å². The average molecular weight is 346 g/mol. The molecule has 1 fully saturated rings. The van der Waals surface area contributed by atoms with Crippen LogP contribution in [0.3, 0.4) is 0 Å². The Balaban J connectivity index is 1.86. The molecule has 0 radical (unpaired) electrons. The zero-order valence-electron chi connectivity index (χ0n) is 15.7. The zero-order chi connectivity index (χ0) is 18.0. The van der Waals surface area contributed by atoms with Crippen LogP contribution >= 0.6 is 0 Å². The monoisotopic (exact) mass is 346 g/mol. The van der Waals surface area contributed by atoms with Gasteiger partial charge < -0.3 is 19.6 Å². The molecule has 3 atom stereocenters. The molecule has 2 aromatic rings. The van der Waals surface area contributed by atoms with Crippen LogP contribution in [0.25, 0.3) is 10.9 Å². The fourth-order valence-corrected chi connectivity index (χ4v) is 4.27. The van der Waals surface area contributed by atoms with E-state index >= 15 is 0 Å². The lowest BCUT2D eigenvalue weighted by atomic mass is 9.87. The Morgan fingerprint density at radius 3 is 2.84 bits per heavy atom. The molecule has 0 spiro atoms. The molecule has 2 N–H and O–H groups in total. The molecule has 1 aromatic carbocycles. The second kappa shape index (κ2) is 7.77. The van der Waals surface area contributed by atoms with Crippen LogP contribution in [0.2, 0.25) is 0 Å². The summed E-state index contributed by atoms with van der Waals surface area (Å²) in [6.07, 6.45) is 2.12. The highest BCUT2D eigenvalue weighted by Gasteiger charge is 2.35. The van der Waals surface area contributed by atoms with Crippen molar-refractivity contribution in [1.29, 1.82) is 0 Å². The maximum Gasteiger partial charge on any atom is 0.124 e. The number of ether oxygens (including phenoxy) is 2. The standard InChI is InChI=1S/C20H30N2O3/c1-5-25-20-14(3)9-22(10-15(20)12-23)11-17-16-6-7-21-19(16)13(2)8-18(17)24-4/h6-8,14-15,20-21,23H,5,9-12H2,1-4H3. The number of nitrogens with one attached hydrogen (secondary N) is 1. The number of nitrogens with zero attached hydrogens (tertiary/aromatic N) is 1. The van der Waals surface area contributed by atoms with Crippen LogP contribution in [0.15, 0.2) is 18.3 Å². The summed E-state index contributed by atoms with van der Waals surface area (Å²) in [7, 11) is 1.73. The van der Waals surface area contributed by atoms with Crippen LogP contribution < -0.4 is 4.74 Å². The van der Waals surface area contributed by atoms with Gasteiger partial charge in [-0.2, -0.15) is 0 Å². The highest BCUT2D eigenvalue weighted by molar-refractivity contribution is 5.88. The van der Waals surface area contributed by atoms with Crippen molar-refractivity contribution in [2.24, 2.45) is 11.8 Å². The lowest BCUT2D eigenvalue weighted by Gasteiger charge is -2.42.